The summed E-state index contributed by atoms with van der Waals surface area (Å²) >= 11 is 3.39. The molecule has 0 N–H and O–H groups in total. The van der Waals surface area contributed by atoms with Crippen molar-refractivity contribution in [3.05, 3.63) is 40.7 Å². The Hall–Kier alpha value is -0.670. The van der Waals surface area contributed by atoms with E-state index in [9.17, 15) is 4.79 Å². The third-order valence-corrected chi connectivity index (χ3v) is 4.37. The molecule has 3 heteroatoms. The van der Waals surface area contributed by atoms with Crippen molar-refractivity contribution >= 4 is 21.7 Å². The van der Waals surface area contributed by atoms with Gasteiger partial charge in [0.05, 0.1) is 0 Å². The van der Waals surface area contributed by atoms with E-state index in [2.05, 4.69) is 27.3 Å². The van der Waals surface area contributed by atoms with Crippen molar-refractivity contribution < 1.29 is 4.79 Å². The summed E-state index contributed by atoms with van der Waals surface area (Å²) in [7, 11) is 0. The second-order valence-electron chi connectivity index (χ2n) is 5.45. The maximum Gasteiger partial charge on any atom is 0.162 e. The van der Waals surface area contributed by atoms with Crippen molar-refractivity contribution in [1.82, 2.24) is 4.90 Å². The lowest BCUT2D eigenvalue weighted by Crippen LogP contribution is -2.30. The number of rotatable bonds is 7. The topological polar surface area (TPSA) is 20.3 Å². The van der Waals surface area contributed by atoms with E-state index in [-0.39, 0.29) is 5.78 Å². The van der Waals surface area contributed by atoms with Crippen LogP contribution in [0, 0.1) is 6.42 Å². The van der Waals surface area contributed by atoms with E-state index in [1.807, 2.05) is 24.3 Å². The van der Waals surface area contributed by atoms with Crippen LogP contribution in [0.3, 0.4) is 0 Å². The van der Waals surface area contributed by atoms with E-state index in [1.54, 1.807) is 0 Å². The predicted octanol–water partition coefficient (Wildman–Crippen LogP) is 4.49. The molecule has 2 nitrogen and oxygen atoms in total. The maximum absolute atomic E-state index is 12.0. The number of benzene rings is 1. The number of piperidine rings is 1. The minimum absolute atomic E-state index is 0.269. The minimum Gasteiger partial charge on any atom is -0.303 e. The monoisotopic (exact) mass is 336 g/mol. The molecular formula is C17H23BrNO. The summed E-state index contributed by atoms with van der Waals surface area (Å²) in [6.45, 7) is 3.63. The van der Waals surface area contributed by atoms with Crippen LogP contribution in [0.1, 0.15) is 48.9 Å². The number of hydrogen-bond donors (Lipinski definition) is 0. The molecular weight excluding hydrogens is 314 g/mol. The van der Waals surface area contributed by atoms with Crippen molar-refractivity contribution in [3.8, 4) is 0 Å². The molecule has 0 amide bonds. The van der Waals surface area contributed by atoms with Gasteiger partial charge in [0.2, 0.25) is 0 Å². The van der Waals surface area contributed by atoms with Crippen LogP contribution >= 0.6 is 15.9 Å². The molecule has 0 atom stereocenters. The Morgan fingerprint density at radius 1 is 1.05 bits per heavy atom. The highest BCUT2D eigenvalue weighted by atomic mass is 79.9. The van der Waals surface area contributed by atoms with Gasteiger partial charge in [0.25, 0.3) is 0 Å². The molecule has 1 radical (unpaired) electrons. The van der Waals surface area contributed by atoms with E-state index in [4.69, 9.17) is 0 Å². The second kappa shape index (κ2) is 8.58. The average molecular weight is 337 g/mol. The molecule has 0 bridgehead atoms. The van der Waals surface area contributed by atoms with Crippen LogP contribution in [0.2, 0.25) is 0 Å². The van der Waals surface area contributed by atoms with Gasteiger partial charge in [-0.15, -0.1) is 0 Å². The van der Waals surface area contributed by atoms with Gasteiger partial charge in [0.15, 0.2) is 5.78 Å². The Morgan fingerprint density at radius 3 is 2.45 bits per heavy atom. The van der Waals surface area contributed by atoms with Gasteiger partial charge in [0, 0.05) is 16.5 Å². The maximum atomic E-state index is 12.0. The van der Waals surface area contributed by atoms with E-state index in [0.717, 1.165) is 22.9 Å². The van der Waals surface area contributed by atoms with Crippen LogP contribution < -0.4 is 0 Å². The van der Waals surface area contributed by atoms with Crippen LogP contribution in [0.4, 0.5) is 0 Å². The summed E-state index contributed by atoms with van der Waals surface area (Å²) in [5, 5.41) is 0. The van der Waals surface area contributed by atoms with E-state index in [0.29, 0.717) is 6.42 Å². The molecule has 109 valence electrons. The Morgan fingerprint density at radius 2 is 1.75 bits per heavy atom. The Labute approximate surface area is 130 Å². The molecule has 1 aliphatic rings. The summed E-state index contributed by atoms with van der Waals surface area (Å²) < 4.78 is 1.02. The molecule has 1 aliphatic heterocycles. The fraction of sp³-hybridized carbons (Fsp3) is 0.529. The normalized spacial score (nSPS) is 16.2. The number of halogens is 1. The van der Waals surface area contributed by atoms with Gasteiger partial charge in [-0.25, -0.2) is 0 Å². The fourth-order valence-electron chi connectivity index (χ4n) is 2.61. The molecule has 1 heterocycles. The number of carbonyl (C=O) groups excluding carboxylic acids is 1. The number of unbranched alkanes of at least 4 members (excludes halogenated alkanes) is 2. The first-order valence-electron chi connectivity index (χ1n) is 7.58. The molecule has 1 saturated heterocycles. The van der Waals surface area contributed by atoms with Crippen molar-refractivity contribution in [3.63, 3.8) is 0 Å². The summed E-state index contributed by atoms with van der Waals surface area (Å²) in [5.74, 6) is 0.269. The first-order chi connectivity index (χ1) is 9.75. The van der Waals surface area contributed by atoms with Crippen LogP contribution in [0.5, 0.6) is 0 Å². The number of Topliss-reactive ketones (excluding diaryl/α,β-unsaturated/α-hetero) is 1. The van der Waals surface area contributed by atoms with Crippen LogP contribution in [-0.2, 0) is 0 Å². The fourth-order valence-corrected chi connectivity index (χ4v) is 2.87. The third-order valence-electron chi connectivity index (χ3n) is 3.84. The first kappa shape index (κ1) is 15.7. The van der Waals surface area contributed by atoms with E-state index in [1.165, 1.54) is 38.9 Å². The van der Waals surface area contributed by atoms with E-state index < -0.39 is 0 Å². The summed E-state index contributed by atoms with van der Waals surface area (Å²) in [4.78, 5) is 14.5. The van der Waals surface area contributed by atoms with Crippen molar-refractivity contribution in [2.45, 2.75) is 38.5 Å². The predicted molar refractivity (Wildman–Crippen MR) is 86.9 cm³/mol. The van der Waals surface area contributed by atoms with Gasteiger partial charge >= 0.3 is 0 Å². The van der Waals surface area contributed by atoms with Crippen LogP contribution in [0.15, 0.2) is 28.7 Å². The van der Waals surface area contributed by atoms with Gasteiger partial charge in [-0.1, -0.05) is 34.5 Å². The molecule has 1 fully saturated rings. The molecule has 0 aliphatic carbocycles. The van der Waals surface area contributed by atoms with Gasteiger partial charge in [-0.05, 0) is 63.9 Å². The zero-order valence-corrected chi connectivity index (χ0v) is 13.6. The highest BCUT2D eigenvalue weighted by Crippen LogP contribution is 2.14. The van der Waals surface area contributed by atoms with Crippen LogP contribution in [-0.4, -0.2) is 30.3 Å². The number of ketones is 1. The van der Waals surface area contributed by atoms with Gasteiger partial charge in [-0.2, -0.15) is 0 Å². The standard InChI is InChI=1S/C17H23BrNO/c18-16-10-8-15(9-11-16)17(20)7-3-1-4-12-19-13-5-2-6-14-19/h2,8-11H,1,3-7,12-14H2. The zero-order chi connectivity index (χ0) is 14.2. The quantitative estimate of drug-likeness (QED) is 0.540. The highest BCUT2D eigenvalue weighted by Gasteiger charge is 2.09. The molecule has 20 heavy (non-hydrogen) atoms. The number of nitrogens with zero attached hydrogens (tertiary/aromatic N) is 1. The minimum atomic E-state index is 0.269. The molecule has 1 aromatic rings. The van der Waals surface area contributed by atoms with Crippen molar-refractivity contribution in [2.24, 2.45) is 0 Å². The van der Waals surface area contributed by atoms with Gasteiger partial charge < -0.3 is 4.90 Å². The molecule has 0 spiro atoms. The lowest BCUT2D eigenvalue weighted by molar-refractivity contribution is 0.0978. The SMILES string of the molecule is O=C(CCCCCN1CC[CH]CC1)c1ccc(Br)cc1. The largest absolute Gasteiger partial charge is 0.303 e. The molecule has 2 rings (SSSR count). The average Bonchev–Trinajstić information content (AvgIpc) is 2.48. The zero-order valence-electron chi connectivity index (χ0n) is 12.0. The Bertz CT molecular complexity index is 410. The Balaban J connectivity index is 1.58. The van der Waals surface area contributed by atoms with Crippen molar-refractivity contribution in [2.75, 3.05) is 19.6 Å². The number of likely N-dealkylation sites (tertiary alicyclic amines) is 1. The van der Waals surface area contributed by atoms with E-state index >= 15 is 0 Å². The first-order valence-corrected chi connectivity index (χ1v) is 8.38. The summed E-state index contributed by atoms with van der Waals surface area (Å²) in [6.07, 6.45) is 8.91. The lowest BCUT2D eigenvalue weighted by Gasteiger charge is -2.26. The van der Waals surface area contributed by atoms with Gasteiger partial charge in [0.1, 0.15) is 0 Å². The summed E-state index contributed by atoms with van der Waals surface area (Å²) in [6, 6.07) is 7.66. The Kier molecular flexibility index (Phi) is 6.74. The second-order valence-corrected chi connectivity index (χ2v) is 6.36. The molecule has 0 saturated carbocycles. The molecule has 0 aromatic heterocycles. The smallest absolute Gasteiger partial charge is 0.162 e. The van der Waals surface area contributed by atoms with Crippen LogP contribution in [0.25, 0.3) is 0 Å². The highest BCUT2D eigenvalue weighted by molar-refractivity contribution is 9.10. The lowest BCUT2D eigenvalue weighted by atomic mass is 10.0. The summed E-state index contributed by atoms with van der Waals surface area (Å²) in [5.41, 5.74) is 0.833. The molecule has 1 aromatic carbocycles. The third kappa shape index (κ3) is 5.37. The number of carbonyl (C=O) groups is 1. The number of hydrogen-bond acceptors (Lipinski definition) is 2. The van der Waals surface area contributed by atoms with Gasteiger partial charge in [-0.3, -0.25) is 4.79 Å². The van der Waals surface area contributed by atoms with Crippen molar-refractivity contribution in [1.29, 1.82) is 0 Å². The molecule has 0 unspecified atom stereocenters.